The van der Waals surface area contributed by atoms with Gasteiger partial charge in [0.25, 0.3) is 11.5 Å². The van der Waals surface area contributed by atoms with E-state index in [2.05, 4.69) is 4.90 Å². The van der Waals surface area contributed by atoms with Gasteiger partial charge in [-0.05, 0) is 23.6 Å². The predicted molar refractivity (Wildman–Crippen MR) is 96.7 cm³/mol. The highest BCUT2D eigenvalue weighted by Gasteiger charge is 2.36. The molecule has 28 heavy (non-hydrogen) atoms. The number of rotatable bonds is 5. The lowest BCUT2D eigenvalue weighted by atomic mass is 10.00. The highest BCUT2D eigenvalue weighted by Crippen LogP contribution is 2.35. The number of likely N-dealkylation sites (tertiary alicyclic amines) is 1. The van der Waals surface area contributed by atoms with E-state index < -0.39 is 28.9 Å². The standard InChI is InChI=1S/C19H20F3N3O3/c1-28-13-6-7-25(10-13)9-11-2-4-12(5-3-11)14-8-15(17(23)26)18(27)24-16(14)19(20,21)22/h2-5,8,13H,6-7,9-10H2,1H3,(H2,23,26)(H,24,27)/t13-/m0/s1. The summed E-state index contributed by atoms with van der Waals surface area (Å²) in [4.78, 5) is 27.1. The first-order chi connectivity index (χ1) is 13.2. The zero-order valence-electron chi connectivity index (χ0n) is 15.2. The maximum atomic E-state index is 13.4. The number of aromatic nitrogens is 1. The number of alkyl halides is 3. The molecule has 1 aliphatic rings. The number of halogens is 3. The van der Waals surface area contributed by atoms with Crippen molar-refractivity contribution in [1.82, 2.24) is 9.88 Å². The summed E-state index contributed by atoms with van der Waals surface area (Å²) >= 11 is 0. The second-order valence-corrected chi connectivity index (χ2v) is 6.74. The fraction of sp³-hybridized carbons (Fsp3) is 0.368. The van der Waals surface area contributed by atoms with E-state index in [0.29, 0.717) is 6.54 Å². The number of nitrogens with one attached hydrogen (secondary N) is 1. The molecule has 1 aromatic carbocycles. The van der Waals surface area contributed by atoms with E-state index in [0.717, 1.165) is 31.1 Å². The Bertz CT molecular complexity index is 923. The summed E-state index contributed by atoms with van der Waals surface area (Å²) in [5, 5.41) is 0. The quantitative estimate of drug-likeness (QED) is 0.814. The highest BCUT2D eigenvalue weighted by molar-refractivity contribution is 5.93. The van der Waals surface area contributed by atoms with Crippen LogP contribution in [0.5, 0.6) is 0 Å². The molecule has 3 rings (SSSR count). The Labute approximate surface area is 159 Å². The van der Waals surface area contributed by atoms with Gasteiger partial charge in [-0.3, -0.25) is 14.5 Å². The maximum absolute atomic E-state index is 13.4. The summed E-state index contributed by atoms with van der Waals surface area (Å²) in [6, 6.07) is 7.41. The lowest BCUT2D eigenvalue weighted by molar-refractivity contribution is -0.140. The molecule has 6 nitrogen and oxygen atoms in total. The average molecular weight is 395 g/mol. The van der Waals surface area contributed by atoms with Gasteiger partial charge in [0.1, 0.15) is 11.3 Å². The van der Waals surface area contributed by atoms with Crippen molar-refractivity contribution in [1.29, 1.82) is 0 Å². The SMILES string of the molecule is CO[C@H]1CCN(Cc2ccc(-c3cc(C(N)=O)c(=O)[nH]c3C(F)(F)F)cc2)C1. The zero-order valence-corrected chi connectivity index (χ0v) is 15.2. The molecular formula is C19H20F3N3O3. The number of ether oxygens (including phenoxy) is 1. The molecule has 2 aromatic rings. The molecule has 9 heteroatoms. The third kappa shape index (κ3) is 4.26. The van der Waals surface area contributed by atoms with Crippen LogP contribution in [0.3, 0.4) is 0 Å². The topological polar surface area (TPSA) is 88.4 Å². The van der Waals surface area contributed by atoms with Crippen LogP contribution in [-0.4, -0.2) is 42.1 Å². The van der Waals surface area contributed by atoms with Gasteiger partial charge in [-0.1, -0.05) is 24.3 Å². The number of amides is 1. The summed E-state index contributed by atoms with van der Waals surface area (Å²) in [6.07, 6.45) is -3.65. The number of H-pyrrole nitrogens is 1. The number of benzene rings is 1. The van der Waals surface area contributed by atoms with Gasteiger partial charge in [-0.15, -0.1) is 0 Å². The van der Waals surface area contributed by atoms with Crippen LogP contribution in [0.25, 0.3) is 11.1 Å². The van der Waals surface area contributed by atoms with E-state index in [9.17, 15) is 22.8 Å². The van der Waals surface area contributed by atoms with Crippen LogP contribution < -0.4 is 11.3 Å². The van der Waals surface area contributed by atoms with Gasteiger partial charge >= 0.3 is 6.18 Å². The van der Waals surface area contributed by atoms with E-state index in [1.165, 1.54) is 12.1 Å². The lowest BCUT2D eigenvalue weighted by Gasteiger charge is -2.17. The van der Waals surface area contributed by atoms with Crippen LogP contribution in [0.15, 0.2) is 35.1 Å². The van der Waals surface area contributed by atoms with Gasteiger partial charge in [-0.25, -0.2) is 0 Å². The van der Waals surface area contributed by atoms with Crippen LogP contribution in [-0.2, 0) is 17.5 Å². The molecule has 1 saturated heterocycles. The third-order valence-electron chi connectivity index (χ3n) is 4.82. The molecule has 0 spiro atoms. The van der Waals surface area contributed by atoms with Crippen LogP contribution in [0.4, 0.5) is 13.2 Å². The molecule has 0 aliphatic carbocycles. The van der Waals surface area contributed by atoms with Gasteiger partial charge in [-0.2, -0.15) is 13.2 Å². The highest BCUT2D eigenvalue weighted by atomic mass is 19.4. The molecule has 2 heterocycles. The molecule has 0 bridgehead atoms. The molecule has 0 radical (unpaired) electrons. The van der Waals surface area contributed by atoms with Crippen molar-refractivity contribution in [2.75, 3.05) is 20.2 Å². The van der Waals surface area contributed by atoms with Crippen LogP contribution in [0.2, 0.25) is 0 Å². The van der Waals surface area contributed by atoms with E-state index in [1.807, 2.05) is 0 Å². The number of nitrogens with two attached hydrogens (primary N) is 1. The van der Waals surface area contributed by atoms with Gasteiger partial charge in [0.15, 0.2) is 0 Å². The first-order valence-electron chi connectivity index (χ1n) is 8.68. The Kier molecular flexibility index (Phi) is 5.57. The van der Waals surface area contributed by atoms with E-state index >= 15 is 0 Å². The number of hydrogen-bond acceptors (Lipinski definition) is 4. The number of pyridine rings is 1. The minimum atomic E-state index is -4.78. The number of carbonyl (C=O) groups is 1. The Morgan fingerprint density at radius 3 is 2.54 bits per heavy atom. The average Bonchev–Trinajstić information content (AvgIpc) is 3.09. The van der Waals surface area contributed by atoms with Gasteiger partial charge in [0.05, 0.1) is 6.10 Å². The molecule has 3 N–H and O–H groups in total. The monoisotopic (exact) mass is 395 g/mol. The summed E-state index contributed by atoms with van der Waals surface area (Å²) in [7, 11) is 1.67. The molecule has 0 saturated carbocycles. The van der Waals surface area contributed by atoms with E-state index in [1.54, 1.807) is 24.2 Å². The number of aromatic amines is 1. The van der Waals surface area contributed by atoms with Crippen molar-refractivity contribution in [2.45, 2.75) is 25.2 Å². The Morgan fingerprint density at radius 1 is 1.32 bits per heavy atom. The Balaban J connectivity index is 1.91. The molecule has 0 unspecified atom stereocenters. The normalized spacial score (nSPS) is 17.8. The first kappa shape index (κ1) is 20.1. The second kappa shape index (κ2) is 7.76. The van der Waals surface area contributed by atoms with Gasteiger partial charge in [0.2, 0.25) is 0 Å². The molecule has 1 atom stereocenters. The number of nitrogens with zero attached hydrogens (tertiary/aromatic N) is 1. The second-order valence-electron chi connectivity index (χ2n) is 6.74. The molecule has 1 aromatic heterocycles. The van der Waals surface area contributed by atoms with Crippen molar-refractivity contribution in [2.24, 2.45) is 5.73 Å². The number of methoxy groups -OCH3 is 1. The van der Waals surface area contributed by atoms with Crippen molar-refractivity contribution in [3.63, 3.8) is 0 Å². The van der Waals surface area contributed by atoms with Gasteiger partial charge in [0, 0.05) is 32.3 Å². The van der Waals surface area contributed by atoms with Crippen LogP contribution in [0.1, 0.15) is 28.0 Å². The lowest BCUT2D eigenvalue weighted by Crippen LogP contribution is -2.27. The molecule has 150 valence electrons. The first-order valence-corrected chi connectivity index (χ1v) is 8.68. The van der Waals surface area contributed by atoms with Crippen LogP contribution >= 0.6 is 0 Å². The number of hydrogen-bond donors (Lipinski definition) is 2. The molecule has 1 aliphatic heterocycles. The number of primary amides is 1. The third-order valence-corrected chi connectivity index (χ3v) is 4.82. The van der Waals surface area contributed by atoms with E-state index in [4.69, 9.17) is 10.5 Å². The number of carbonyl (C=O) groups excluding carboxylic acids is 1. The summed E-state index contributed by atoms with van der Waals surface area (Å²) in [5.74, 6) is -1.09. The molecular weight excluding hydrogens is 375 g/mol. The van der Waals surface area contributed by atoms with Crippen molar-refractivity contribution in [3.8, 4) is 11.1 Å². The van der Waals surface area contributed by atoms with Crippen LogP contribution in [0, 0.1) is 0 Å². The zero-order chi connectivity index (χ0) is 20.5. The summed E-state index contributed by atoms with van der Waals surface area (Å²) in [6.45, 7) is 2.35. The predicted octanol–water partition coefficient (Wildman–Crippen LogP) is 2.38. The van der Waals surface area contributed by atoms with Crippen molar-refractivity contribution < 1.29 is 22.7 Å². The van der Waals surface area contributed by atoms with Crippen molar-refractivity contribution in [3.05, 3.63) is 57.5 Å². The Morgan fingerprint density at radius 2 is 2.00 bits per heavy atom. The largest absolute Gasteiger partial charge is 0.431 e. The Hall–Kier alpha value is -2.65. The van der Waals surface area contributed by atoms with Crippen molar-refractivity contribution >= 4 is 5.91 Å². The molecule has 1 amide bonds. The fourth-order valence-electron chi connectivity index (χ4n) is 3.35. The minimum absolute atomic E-state index is 0.196. The smallest absolute Gasteiger partial charge is 0.380 e. The summed E-state index contributed by atoms with van der Waals surface area (Å²) < 4.78 is 45.4. The van der Waals surface area contributed by atoms with Gasteiger partial charge < -0.3 is 15.5 Å². The van der Waals surface area contributed by atoms with E-state index in [-0.39, 0.29) is 17.2 Å². The summed E-state index contributed by atoms with van der Waals surface area (Å²) in [5.41, 5.74) is 3.08. The maximum Gasteiger partial charge on any atom is 0.431 e. The molecule has 1 fully saturated rings. The fourth-order valence-corrected chi connectivity index (χ4v) is 3.35. The minimum Gasteiger partial charge on any atom is -0.380 e.